The number of anilines is 1. The van der Waals surface area contributed by atoms with Gasteiger partial charge in [-0.1, -0.05) is 0 Å². The van der Waals surface area contributed by atoms with Crippen molar-refractivity contribution in [1.29, 1.82) is 0 Å². The third-order valence-corrected chi connectivity index (χ3v) is 5.80. The standard InChI is InChI=1S/C24H31N7O2.HI/c1-25-24(28-16-18-4-7-27-23(12-18)31-11-8-26-17-31)29-19-5-9-30(10-6-19)20-13-21(32-2)15-22(14-20)33-3;/h4,7-8,11-15,17,19H,5-6,9-10,16H2,1-3H3,(H2,25,28,29);1H. The van der Waals surface area contributed by atoms with E-state index in [0.717, 1.165) is 60.5 Å². The Morgan fingerprint density at radius 1 is 1.09 bits per heavy atom. The van der Waals surface area contributed by atoms with Gasteiger partial charge in [0.2, 0.25) is 0 Å². The first-order valence-corrected chi connectivity index (χ1v) is 11.1. The van der Waals surface area contributed by atoms with E-state index in [-0.39, 0.29) is 24.0 Å². The van der Waals surface area contributed by atoms with Crippen LogP contribution in [0.4, 0.5) is 5.69 Å². The number of halogens is 1. The molecule has 2 N–H and O–H groups in total. The number of hydrogen-bond donors (Lipinski definition) is 2. The fourth-order valence-corrected chi connectivity index (χ4v) is 3.94. The van der Waals surface area contributed by atoms with E-state index >= 15 is 0 Å². The lowest BCUT2D eigenvalue weighted by Crippen LogP contribution is -2.48. The Kier molecular flexibility index (Phi) is 9.37. The molecule has 4 rings (SSSR count). The van der Waals surface area contributed by atoms with E-state index in [1.165, 1.54) is 0 Å². The zero-order valence-corrected chi connectivity index (χ0v) is 22.1. The van der Waals surface area contributed by atoms with E-state index < -0.39 is 0 Å². The van der Waals surface area contributed by atoms with Gasteiger partial charge in [0.05, 0.1) is 14.2 Å². The summed E-state index contributed by atoms with van der Waals surface area (Å²) < 4.78 is 12.7. The van der Waals surface area contributed by atoms with E-state index in [1.54, 1.807) is 33.8 Å². The number of pyridine rings is 1. The molecule has 0 radical (unpaired) electrons. The van der Waals surface area contributed by atoms with Gasteiger partial charge in [-0.05, 0) is 30.5 Å². The fraction of sp³-hybridized carbons (Fsp3) is 0.375. The van der Waals surface area contributed by atoms with E-state index in [4.69, 9.17) is 9.47 Å². The summed E-state index contributed by atoms with van der Waals surface area (Å²) in [5.41, 5.74) is 2.25. The minimum absolute atomic E-state index is 0. The number of aliphatic imine (C=N–C) groups is 1. The Balaban J connectivity index is 0.00000324. The summed E-state index contributed by atoms with van der Waals surface area (Å²) >= 11 is 0. The number of guanidine groups is 1. The molecule has 0 saturated carbocycles. The molecular formula is C24H32IN7O2. The van der Waals surface area contributed by atoms with Gasteiger partial charge in [-0.3, -0.25) is 9.56 Å². The van der Waals surface area contributed by atoms with Crippen LogP contribution >= 0.6 is 24.0 Å². The zero-order valence-electron chi connectivity index (χ0n) is 19.8. The number of rotatable bonds is 7. The molecule has 9 nitrogen and oxygen atoms in total. The fourth-order valence-electron chi connectivity index (χ4n) is 3.94. The lowest BCUT2D eigenvalue weighted by molar-refractivity contribution is 0.393. The maximum Gasteiger partial charge on any atom is 0.191 e. The Morgan fingerprint density at radius 3 is 2.44 bits per heavy atom. The van der Waals surface area contributed by atoms with Crippen molar-refractivity contribution in [2.45, 2.75) is 25.4 Å². The molecule has 0 bridgehead atoms. The highest BCUT2D eigenvalue weighted by molar-refractivity contribution is 14.0. The molecule has 10 heteroatoms. The molecule has 0 atom stereocenters. The van der Waals surface area contributed by atoms with Gasteiger partial charge in [-0.15, -0.1) is 24.0 Å². The molecular weight excluding hydrogens is 545 g/mol. The number of methoxy groups -OCH3 is 2. The van der Waals surface area contributed by atoms with E-state index in [0.29, 0.717) is 12.6 Å². The van der Waals surface area contributed by atoms with Crippen LogP contribution in [0.2, 0.25) is 0 Å². The largest absolute Gasteiger partial charge is 0.497 e. The number of hydrogen-bond acceptors (Lipinski definition) is 6. The van der Waals surface area contributed by atoms with Gasteiger partial charge >= 0.3 is 0 Å². The van der Waals surface area contributed by atoms with E-state index in [1.807, 2.05) is 35.2 Å². The van der Waals surface area contributed by atoms with Crippen LogP contribution in [-0.4, -0.2) is 60.9 Å². The maximum atomic E-state index is 5.42. The molecule has 182 valence electrons. The molecule has 0 amide bonds. The summed E-state index contributed by atoms with van der Waals surface area (Å²) in [6.07, 6.45) is 9.21. The minimum atomic E-state index is 0. The first kappa shape index (κ1) is 25.6. The average Bonchev–Trinajstić information content (AvgIpc) is 3.42. The number of imidazole rings is 1. The van der Waals surface area contributed by atoms with Gasteiger partial charge in [0.15, 0.2) is 5.96 Å². The highest BCUT2D eigenvalue weighted by Crippen LogP contribution is 2.30. The van der Waals surface area contributed by atoms with Crippen LogP contribution in [0, 0.1) is 0 Å². The van der Waals surface area contributed by atoms with Crippen LogP contribution in [-0.2, 0) is 6.54 Å². The van der Waals surface area contributed by atoms with Gasteiger partial charge in [0.1, 0.15) is 23.6 Å². The average molecular weight is 577 g/mol. The molecule has 1 aliphatic rings. The van der Waals surface area contributed by atoms with Crippen LogP contribution in [0.1, 0.15) is 18.4 Å². The van der Waals surface area contributed by atoms with E-state index in [2.05, 4.69) is 42.6 Å². The Hall–Kier alpha value is -3.02. The summed E-state index contributed by atoms with van der Waals surface area (Å²) in [4.78, 5) is 15.3. The Bertz CT molecular complexity index is 1040. The molecule has 2 aromatic heterocycles. The van der Waals surface area contributed by atoms with Crippen molar-refractivity contribution < 1.29 is 9.47 Å². The van der Waals surface area contributed by atoms with Crippen molar-refractivity contribution >= 4 is 35.6 Å². The number of benzene rings is 1. The van der Waals surface area contributed by atoms with Crippen LogP contribution in [0.3, 0.4) is 0 Å². The Morgan fingerprint density at radius 2 is 1.82 bits per heavy atom. The second-order valence-corrected chi connectivity index (χ2v) is 7.89. The van der Waals surface area contributed by atoms with Crippen molar-refractivity contribution in [1.82, 2.24) is 25.2 Å². The topological polar surface area (TPSA) is 88.8 Å². The Labute approximate surface area is 217 Å². The second-order valence-electron chi connectivity index (χ2n) is 7.89. The first-order valence-electron chi connectivity index (χ1n) is 11.1. The summed E-state index contributed by atoms with van der Waals surface area (Å²) in [5.74, 6) is 3.26. The lowest BCUT2D eigenvalue weighted by Gasteiger charge is -2.34. The quantitative estimate of drug-likeness (QED) is 0.253. The van der Waals surface area contributed by atoms with Crippen LogP contribution < -0.4 is 25.0 Å². The predicted molar refractivity (Wildman–Crippen MR) is 145 cm³/mol. The SMILES string of the molecule is CN=C(NCc1ccnc(-n2ccnc2)c1)NC1CCN(c2cc(OC)cc(OC)c2)CC1.I. The third-order valence-electron chi connectivity index (χ3n) is 5.80. The highest BCUT2D eigenvalue weighted by atomic mass is 127. The molecule has 0 aliphatic carbocycles. The number of piperidine rings is 1. The van der Waals surface area contributed by atoms with Gasteiger partial charge in [0, 0.05) is 75.2 Å². The molecule has 1 fully saturated rings. The molecule has 1 saturated heterocycles. The maximum absolute atomic E-state index is 5.42. The van der Waals surface area contributed by atoms with Crippen LogP contribution in [0.25, 0.3) is 5.82 Å². The van der Waals surface area contributed by atoms with Crippen molar-refractivity contribution in [2.75, 3.05) is 39.3 Å². The monoisotopic (exact) mass is 577 g/mol. The van der Waals surface area contributed by atoms with E-state index in [9.17, 15) is 0 Å². The predicted octanol–water partition coefficient (Wildman–Crippen LogP) is 3.24. The number of aromatic nitrogens is 3. The summed E-state index contributed by atoms with van der Waals surface area (Å²) in [5, 5.41) is 6.99. The molecule has 3 aromatic rings. The van der Waals surface area contributed by atoms with Crippen LogP contribution in [0.5, 0.6) is 11.5 Å². The lowest BCUT2D eigenvalue weighted by atomic mass is 10.0. The van der Waals surface area contributed by atoms with Gasteiger partial charge < -0.3 is 25.0 Å². The van der Waals surface area contributed by atoms with Gasteiger partial charge in [0.25, 0.3) is 0 Å². The molecule has 1 aliphatic heterocycles. The van der Waals surface area contributed by atoms with Crippen molar-refractivity contribution in [2.24, 2.45) is 4.99 Å². The van der Waals surface area contributed by atoms with Crippen LogP contribution in [0.15, 0.2) is 60.2 Å². The third kappa shape index (κ3) is 6.52. The van der Waals surface area contributed by atoms with Crippen molar-refractivity contribution in [3.8, 4) is 17.3 Å². The summed E-state index contributed by atoms with van der Waals surface area (Å²) in [7, 11) is 5.16. The zero-order chi connectivity index (χ0) is 23.0. The molecule has 34 heavy (non-hydrogen) atoms. The van der Waals surface area contributed by atoms with Gasteiger partial charge in [-0.25, -0.2) is 9.97 Å². The van der Waals surface area contributed by atoms with Gasteiger partial charge in [-0.2, -0.15) is 0 Å². The molecule has 3 heterocycles. The first-order chi connectivity index (χ1) is 16.2. The highest BCUT2D eigenvalue weighted by Gasteiger charge is 2.21. The van der Waals surface area contributed by atoms with Crippen molar-refractivity contribution in [3.05, 3.63) is 60.8 Å². The molecule has 0 unspecified atom stereocenters. The number of nitrogens with zero attached hydrogens (tertiary/aromatic N) is 5. The number of nitrogens with one attached hydrogen (secondary N) is 2. The molecule has 0 spiro atoms. The van der Waals surface area contributed by atoms with Crippen molar-refractivity contribution in [3.63, 3.8) is 0 Å². The number of ether oxygens (including phenoxy) is 2. The summed E-state index contributed by atoms with van der Waals surface area (Å²) in [6.45, 7) is 2.56. The smallest absolute Gasteiger partial charge is 0.191 e. The summed E-state index contributed by atoms with van der Waals surface area (Å²) in [6, 6.07) is 10.4. The minimum Gasteiger partial charge on any atom is -0.497 e. The normalized spacial score (nSPS) is 14.3. The second kappa shape index (κ2) is 12.4. The molecule has 1 aromatic carbocycles.